The van der Waals surface area contributed by atoms with Gasteiger partial charge in [0.1, 0.15) is 5.75 Å². The number of hydrogen-bond donors (Lipinski definition) is 3. The zero-order valence-corrected chi connectivity index (χ0v) is 20.2. The Balaban J connectivity index is 1.59. The van der Waals surface area contributed by atoms with E-state index in [1.54, 1.807) is 54.6 Å². The molecule has 11 heteroatoms. The molecule has 0 unspecified atom stereocenters. The molecule has 5 rings (SSSR count). The zero-order valence-electron chi connectivity index (χ0n) is 20.2. The molecule has 2 heterocycles. The third-order valence-corrected chi connectivity index (χ3v) is 6.10. The summed E-state index contributed by atoms with van der Waals surface area (Å²) in [6.07, 6.45) is 0.306. The van der Waals surface area contributed by atoms with E-state index < -0.39 is 17.6 Å². The van der Waals surface area contributed by atoms with Crippen LogP contribution in [0.2, 0.25) is 0 Å². The van der Waals surface area contributed by atoms with Crippen molar-refractivity contribution in [2.75, 3.05) is 11.1 Å². The summed E-state index contributed by atoms with van der Waals surface area (Å²) in [5, 5.41) is 18.9. The molecule has 3 aromatic carbocycles. The van der Waals surface area contributed by atoms with Crippen molar-refractivity contribution < 1.29 is 23.1 Å². The van der Waals surface area contributed by atoms with E-state index in [1.807, 2.05) is 6.92 Å². The van der Waals surface area contributed by atoms with Gasteiger partial charge in [0.25, 0.3) is 5.91 Å². The fraction of sp³-hybridized carbons (Fsp3) is 0.111. The first-order chi connectivity index (χ1) is 18.0. The number of aromatic hydroxyl groups is 1. The monoisotopic (exact) mass is 518 g/mol. The number of aryl methyl sites for hydroxylation is 2. The molecule has 0 aliphatic heterocycles. The fourth-order valence-electron chi connectivity index (χ4n) is 4.24. The van der Waals surface area contributed by atoms with Crippen LogP contribution >= 0.6 is 0 Å². The molecule has 0 aliphatic carbocycles. The lowest BCUT2D eigenvalue weighted by atomic mass is 9.93. The molecular formula is C27H21F3N6O2. The number of amides is 1. The highest BCUT2D eigenvalue weighted by Gasteiger charge is 2.31. The number of nitrogen functional groups attached to an aromatic ring is 1. The van der Waals surface area contributed by atoms with E-state index in [0.29, 0.717) is 38.8 Å². The van der Waals surface area contributed by atoms with Crippen LogP contribution in [-0.2, 0) is 13.2 Å². The highest BCUT2D eigenvalue weighted by molar-refractivity contribution is 6.05. The molecule has 192 valence electrons. The molecule has 38 heavy (non-hydrogen) atoms. The summed E-state index contributed by atoms with van der Waals surface area (Å²) < 4.78 is 40.9. The van der Waals surface area contributed by atoms with Crippen LogP contribution in [0.15, 0.2) is 67.1 Å². The van der Waals surface area contributed by atoms with Gasteiger partial charge in [0.2, 0.25) is 5.95 Å². The minimum absolute atomic E-state index is 0.0465. The smallest absolute Gasteiger partial charge is 0.416 e. The predicted octanol–water partition coefficient (Wildman–Crippen LogP) is 5.56. The van der Waals surface area contributed by atoms with Crippen LogP contribution in [0.25, 0.3) is 33.2 Å². The number of fused-ring (bicyclic) bond motifs is 1. The van der Waals surface area contributed by atoms with Crippen molar-refractivity contribution in [3.8, 4) is 28.0 Å². The summed E-state index contributed by atoms with van der Waals surface area (Å²) in [4.78, 5) is 21.2. The molecule has 8 nitrogen and oxygen atoms in total. The minimum atomic E-state index is -4.57. The Labute approximate surface area is 214 Å². The second-order valence-electron chi connectivity index (χ2n) is 8.78. The lowest BCUT2D eigenvalue weighted by Gasteiger charge is -2.16. The maximum atomic E-state index is 13.1. The van der Waals surface area contributed by atoms with Crippen LogP contribution < -0.4 is 11.1 Å². The Morgan fingerprint density at radius 2 is 1.87 bits per heavy atom. The number of benzene rings is 3. The van der Waals surface area contributed by atoms with Gasteiger partial charge in [0.15, 0.2) is 0 Å². The van der Waals surface area contributed by atoms with Crippen LogP contribution in [0.1, 0.15) is 21.5 Å². The van der Waals surface area contributed by atoms with Crippen LogP contribution in [0.4, 0.5) is 24.8 Å². The van der Waals surface area contributed by atoms with Gasteiger partial charge in [0.05, 0.1) is 22.8 Å². The van der Waals surface area contributed by atoms with Crippen molar-refractivity contribution in [2.24, 2.45) is 7.05 Å². The lowest BCUT2D eigenvalue weighted by molar-refractivity contribution is -0.137. The second kappa shape index (κ2) is 9.18. The molecule has 1 amide bonds. The largest absolute Gasteiger partial charge is 0.507 e. The zero-order chi connectivity index (χ0) is 27.2. The number of anilines is 2. The molecule has 0 saturated heterocycles. The van der Waals surface area contributed by atoms with Crippen molar-refractivity contribution in [2.45, 2.75) is 13.1 Å². The Bertz CT molecular complexity index is 1710. The average molecular weight is 518 g/mol. The van der Waals surface area contributed by atoms with Crippen LogP contribution in [0.5, 0.6) is 5.75 Å². The molecule has 4 N–H and O–H groups in total. The standard InChI is InChI=1S/C27H21F3N6O2/c1-14-6-7-19(34-25(38)15-4-3-5-18(8-15)27(28,29)30)10-20(14)21-9-16-11-32-26(31)35-23(16)22(24(21)37)17-12-33-36(2)13-17/h3-13,37H,1-2H3,(H,34,38)(H2,31,32,35). The van der Waals surface area contributed by atoms with E-state index in [-0.39, 0.29) is 17.3 Å². The van der Waals surface area contributed by atoms with E-state index >= 15 is 0 Å². The summed E-state index contributed by atoms with van der Waals surface area (Å²) in [6.45, 7) is 1.83. The molecule has 5 aromatic rings. The van der Waals surface area contributed by atoms with Gasteiger partial charge in [0, 0.05) is 47.2 Å². The first kappa shape index (κ1) is 24.8. The SMILES string of the molecule is Cc1ccc(NC(=O)c2cccc(C(F)(F)F)c2)cc1-c1cc2cnc(N)nc2c(-c2cnn(C)c2)c1O. The average Bonchev–Trinajstić information content (AvgIpc) is 3.30. The third-order valence-electron chi connectivity index (χ3n) is 6.10. The number of phenols is 1. The van der Waals surface area contributed by atoms with E-state index in [9.17, 15) is 23.1 Å². The molecule has 0 bridgehead atoms. The van der Waals surface area contributed by atoms with Crippen molar-refractivity contribution >= 4 is 28.4 Å². The predicted molar refractivity (Wildman–Crippen MR) is 137 cm³/mol. The third kappa shape index (κ3) is 4.61. The maximum absolute atomic E-state index is 13.1. The number of hydrogen-bond acceptors (Lipinski definition) is 6. The van der Waals surface area contributed by atoms with Gasteiger partial charge in [-0.1, -0.05) is 12.1 Å². The number of halogens is 3. The van der Waals surface area contributed by atoms with Crippen LogP contribution in [0, 0.1) is 6.92 Å². The molecule has 2 aromatic heterocycles. The van der Waals surface area contributed by atoms with E-state index in [1.165, 1.54) is 12.1 Å². The number of nitrogens with zero attached hydrogens (tertiary/aromatic N) is 4. The molecular weight excluding hydrogens is 497 g/mol. The van der Waals surface area contributed by atoms with Gasteiger partial charge >= 0.3 is 6.18 Å². The number of phenolic OH excluding ortho intramolecular Hbond substituents is 1. The normalized spacial score (nSPS) is 11.6. The Morgan fingerprint density at radius 1 is 1.08 bits per heavy atom. The van der Waals surface area contributed by atoms with Crippen molar-refractivity contribution in [3.05, 3.63) is 83.8 Å². The van der Waals surface area contributed by atoms with Crippen molar-refractivity contribution in [1.82, 2.24) is 19.7 Å². The number of carbonyl (C=O) groups excluding carboxylic acids is 1. The van der Waals surface area contributed by atoms with Gasteiger partial charge in [-0.3, -0.25) is 9.48 Å². The number of alkyl halides is 3. The van der Waals surface area contributed by atoms with Crippen molar-refractivity contribution in [1.29, 1.82) is 0 Å². The van der Waals surface area contributed by atoms with Gasteiger partial charge in [-0.25, -0.2) is 9.97 Å². The summed E-state index contributed by atoms with van der Waals surface area (Å²) >= 11 is 0. The van der Waals surface area contributed by atoms with Gasteiger partial charge < -0.3 is 16.2 Å². The number of aromatic nitrogens is 4. The number of carbonyl (C=O) groups is 1. The van der Waals surface area contributed by atoms with Gasteiger partial charge in [-0.05, 0) is 54.4 Å². The van der Waals surface area contributed by atoms with E-state index in [0.717, 1.165) is 17.7 Å². The summed E-state index contributed by atoms with van der Waals surface area (Å²) in [6, 6.07) is 10.9. The first-order valence-electron chi connectivity index (χ1n) is 11.4. The van der Waals surface area contributed by atoms with Gasteiger partial charge in [-0.2, -0.15) is 18.3 Å². The molecule has 0 atom stereocenters. The van der Waals surface area contributed by atoms with E-state index in [2.05, 4.69) is 20.4 Å². The molecule has 0 spiro atoms. The molecule has 0 aliphatic rings. The topological polar surface area (TPSA) is 119 Å². The molecule has 0 radical (unpaired) electrons. The number of nitrogens with one attached hydrogen (secondary N) is 1. The maximum Gasteiger partial charge on any atom is 0.416 e. The first-order valence-corrected chi connectivity index (χ1v) is 11.4. The van der Waals surface area contributed by atoms with Gasteiger partial charge in [-0.15, -0.1) is 0 Å². The Morgan fingerprint density at radius 3 is 2.58 bits per heavy atom. The highest BCUT2D eigenvalue weighted by atomic mass is 19.4. The van der Waals surface area contributed by atoms with Crippen molar-refractivity contribution in [3.63, 3.8) is 0 Å². The molecule has 0 fully saturated rings. The Hall–Kier alpha value is -4.93. The Kier molecular flexibility index (Phi) is 5.98. The van der Waals surface area contributed by atoms with Crippen LogP contribution in [0.3, 0.4) is 0 Å². The highest BCUT2D eigenvalue weighted by Crippen LogP contribution is 2.44. The summed E-state index contributed by atoms with van der Waals surface area (Å²) in [5.74, 6) is -0.730. The van der Waals surface area contributed by atoms with Crippen LogP contribution in [-0.4, -0.2) is 30.8 Å². The fourth-order valence-corrected chi connectivity index (χ4v) is 4.24. The number of nitrogens with two attached hydrogens (primary N) is 1. The molecule has 0 saturated carbocycles. The summed E-state index contributed by atoms with van der Waals surface area (Å²) in [7, 11) is 1.75. The second-order valence-corrected chi connectivity index (χ2v) is 8.78. The quantitative estimate of drug-likeness (QED) is 0.286. The van der Waals surface area contributed by atoms with E-state index in [4.69, 9.17) is 5.73 Å². The lowest BCUT2D eigenvalue weighted by Crippen LogP contribution is -2.14. The minimum Gasteiger partial charge on any atom is -0.507 e. The number of rotatable bonds is 4. The summed E-state index contributed by atoms with van der Waals surface area (Å²) in [5.41, 5.74) is 8.39.